The van der Waals surface area contributed by atoms with Crippen LogP contribution in [0.25, 0.3) is 0 Å². The number of amides is 2. The molecule has 180 valence electrons. The lowest BCUT2D eigenvalue weighted by molar-refractivity contribution is 0.0168. The fraction of sp³-hybridized carbons (Fsp3) is 0.652. The maximum absolute atomic E-state index is 12.3. The number of nitrogens with one attached hydrogen (secondary N) is 3. The van der Waals surface area contributed by atoms with Gasteiger partial charge < -0.3 is 30.3 Å². The molecule has 9 heteroatoms. The second-order valence-electron chi connectivity index (χ2n) is 8.01. The van der Waals surface area contributed by atoms with E-state index in [0.29, 0.717) is 19.8 Å². The van der Waals surface area contributed by atoms with Crippen molar-refractivity contribution >= 4 is 41.7 Å². The third kappa shape index (κ3) is 9.50. The molecule has 32 heavy (non-hydrogen) atoms. The van der Waals surface area contributed by atoms with Gasteiger partial charge >= 0.3 is 6.03 Å². The molecule has 2 amide bonds. The predicted molar refractivity (Wildman–Crippen MR) is 139 cm³/mol. The normalized spacial score (nSPS) is 18.3. The first-order valence-electron chi connectivity index (χ1n) is 11.6. The first-order chi connectivity index (χ1) is 15.2. The summed E-state index contributed by atoms with van der Waals surface area (Å²) in [6.45, 7) is 8.14. The Balaban J connectivity index is 0.00000363. The van der Waals surface area contributed by atoms with Gasteiger partial charge in [0.05, 0.1) is 19.3 Å². The number of rotatable bonds is 10. The van der Waals surface area contributed by atoms with Gasteiger partial charge in [0.15, 0.2) is 5.96 Å². The van der Waals surface area contributed by atoms with Crippen LogP contribution in [-0.2, 0) is 16.0 Å². The Morgan fingerprint density at radius 3 is 2.84 bits per heavy atom. The number of likely N-dealkylation sites (tertiary alicyclic amines) is 1. The molecule has 2 aliphatic rings. The van der Waals surface area contributed by atoms with Gasteiger partial charge in [0.2, 0.25) is 0 Å². The summed E-state index contributed by atoms with van der Waals surface area (Å²) in [5.41, 5.74) is 1.86. The molecule has 0 spiro atoms. The van der Waals surface area contributed by atoms with Crippen molar-refractivity contribution in [1.82, 2.24) is 15.5 Å². The van der Waals surface area contributed by atoms with Crippen LogP contribution < -0.4 is 16.0 Å². The van der Waals surface area contributed by atoms with Crippen molar-refractivity contribution in [2.75, 3.05) is 51.3 Å². The smallest absolute Gasteiger partial charge is 0.321 e. The van der Waals surface area contributed by atoms with Gasteiger partial charge in [-0.15, -0.1) is 24.0 Å². The summed E-state index contributed by atoms with van der Waals surface area (Å²) < 4.78 is 11.3. The van der Waals surface area contributed by atoms with Gasteiger partial charge in [-0.1, -0.05) is 12.1 Å². The lowest BCUT2D eigenvalue weighted by Gasteiger charge is -2.16. The SMILES string of the molecule is CCNC(=NCc1cccc(NC(=O)N2CCCC2)c1)NCCCOCC1CCCO1.I. The molecule has 3 N–H and O–H groups in total. The van der Waals surface area contributed by atoms with Crippen molar-refractivity contribution in [2.45, 2.75) is 51.7 Å². The molecule has 1 aromatic carbocycles. The number of carbonyl (C=O) groups excluding carboxylic acids is 1. The zero-order valence-electron chi connectivity index (χ0n) is 19.1. The molecule has 0 aromatic heterocycles. The number of guanidine groups is 1. The van der Waals surface area contributed by atoms with Crippen LogP contribution in [0.5, 0.6) is 0 Å². The van der Waals surface area contributed by atoms with Crippen LogP contribution in [-0.4, -0.2) is 69.0 Å². The van der Waals surface area contributed by atoms with Crippen molar-refractivity contribution in [2.24, 2.45) is 4.99 Å². The Bertz CT molecular complexity index is 707. The zero-order chi connectivity index (χ0) is 21.7. The summed E-state index contributed by atoms with van der Waals surface area (Å²) in [5.74, 6) is 0.785. The van der Waals surface area contributed by atoms with E-state index in [1.165, 1.54) is 0 Å². The number of urea groups is 1. The summed E-state index contributed by atoms with van der Waals surface area (Å²) in [5, 5.41) is 9.62. The number of hydrogen-bond acceptors (Lipinski definition) is 4. The summed E-state index contributed by atoms with van der Waals surface area (Å²) >= 11 is 0. The molecule has 0 aliphatic carbocycles. The van der Waals surface area contributed by atoms with E-state index in [0.717, 1.165) is 82.1 Å². The highest BCUT2D eigenvalue weighted by Crippen LogP contribution is 2.15. The van der Waals surface area contributed by atoms with Crippen LogP contribution >= 0.6 is 24.0 Å². The minimum Gasteiger partial charge on any atom is -0.379 e. The Morgan fingerprint density at radius 1 is 1.25 bits per heavy atom. The summed E-state index contributed by atoms with van der Waals surface area (Å²) in [7, 11) is 0. The lowest BCUT2D eigenvalue weighted by atomic mass is 10.2. The van der Waals surface area contributed by atoms with Crippen molar-refractivity contribution in [1.29, 1.82) is 0 Å². The molecule has 0 bridgehead atoms. The summed E-state index contributed by atoms with van der Waals surface area (Å²) in [4.78, 5) is 18.8. The molecule has 1 unspecified atom stereocenters. The van der Waals surface area contributed by atoms with Gasteiger partial charge in [0.25, 0.3) is 0 Å². The van der Waals surface area contributed by atoms with Crippen LogP contribution in [0.1, 0.15) is 44.6 Å². The Hall–Kier alpha value is -1.59. The highest BCUT2D eigenvalue weighted by atomic mass is 127. The number of nitrogens with zero attached hydrogens (tertiary/aromatic N) is 2. The molecule has 3 rings (SSSR count). The minimum absolute atomic E-state index is 0. The maximum atomic E-state index is 12.3. The van der Waals surface area contributed by atoms with Gasteiger partial charge in [0.1, 0.15) is 0 Å². The molecule has 2 saturated heterocycles. The van der Waals surface area contributed by atoms with Crippen molar-refractivity contribution in [3.05, 3.63) is 29.8 Å². The van der Waals surface area contributed by atoms with Crippen molar-refractivity contribution in [3.63, 3.8) is 0 Å². The zero-order valence-corrected chi connectivity index (χ0v) is 21.4. The third-order valence-corrected chi connectivity index (χ3v) is 5.42. The van der Waals surface area contributed by atoms with Crippen LogP contribution in [0.3, 0.4) is 0 Å². The fourth-order valence-electron chi connectivity index (χ4n) is 3.75. The first kappa shape index (κ1) is 26.7. The molecule has 0 saturated carbocycles. The fourth-order valence-corrected chi connectivity index (χ4v) is 3.75. The summed E-state index contributed by atoms with van der Waals surface area (Å²) in [6.07, 6.45) is 5.62. The second-order valence-corrected chi connectivity index (χ2v) is 8.01. The summed E-state index contributed by atoms with van der Waals surface area (Å²) in [6, 6.07) is 7.87. The van der Waals surface area contributed by atoms with Crippen LogP contribution in [0.4, 0.5) is 10.5 Å². The van der Waals surface area contributed by atoms with E-state index in [-0.39, 0.29) is 36.1 Å². The molecule has 8 nitrogen and oxygen atoms in total. The number of benzene rings is 1. The second kappa shape index (κ2) is 15.3. The molecule has 0 radical (unpaired) electrons. The van der Waals surface area contributed by atoms with Gasteiger partial charge in [0, 0.05) is 45.1 Å². The molecule has 2 aliphatic heterocycles. The van der Waals surface area contributed by atoms with Crippen molar-refractivity contribution in [3.8, 4) is 0 Å². The monoisotopic (exact) mass is 559 g/mol. The van der Waals surface area contributed by atoms with E-state index >= 15 is 0 Å². The molecule has 2 fully saturated rings. The number of aliphatic imine (C=N–C) groups is 1. The highest BCUT2D eigenvalue weighted by Gasteiger charge is 2.17. The lowest BCUT2D eigenvalue weighted by Crippen LogP contribution is -2.38. The minimum atomic E-state index is -0.0186. The van der Waals surface area contributed by atoms with Crippen LogP contribution in [0.2, 0.25) is 0 Å². The first-order valence-corrected chi connectivity index (χ1v) is 11.6. The van der Waals surface area contributed by atoms with E-state index in [9.17, 15) is 4.79 Å². The molecule has 2 heterocycles. The molecular formula is C23H38IN5O3. The van der Waals surface area contributed by atoms with E-state index in [4.69, 9.17) is 9.47 Å². The van der Waals surface area contributed by atoms with E-state index in [1.54, 1.807) is 0 Å². The van der Waals surface area contributed by atoms with E-state index in [2.05, 4.69) is 27.9 Å². The number of hydrogen-bond donors (Lipinski definition) is 3. The van der Waals surface area contributed by atoms with Gasteiger partial charge in [-0.05, 0) is 56.7 Å². The molecular weight excluding hydrogens is 521 g/mol. The van der Waals surface area contributed by atoms with Crippen molar-refractivity contribution < 1.29 is 14.3 Å². The largest absolute Gasteiger partial charge is 0.379 e. The Labute approximate surface area is 208 Å². The number of halogens is 1. The Kier molecular flexibility index (Phi) is 12.7. The van der Waals surface area contributed by atoms with E-state index < -0.39 is 0 Å². The van der Waals surface area contributed by atoms with Gasteiger partial charge in [-0.3, -0.25) is 0 Å². The van der Waals surface area contributed by atoms with Gasteiger partial charge in [-0.2, -0.15) is 0 Å². The van der Waals surface area contributed by atoms with Crippen LogP contribution in [0.15, 0.2) is 29.3 Å². The number of ether oxygens (including phenoxy) is 2. The third-order valence-electron chi connectivity index (χ3n) is 5.42. The average molecular weight is 559 g/mol. The quantitative estimate of drug-likeness (QED) is 0.177. The average Bonchev–Trinajstić information content (AvgIpc) is 3.49. The number of carbonyl (C=O) groups is 1. The predicted octanol–water partition coefficient (Wildman–Crippen LogP) is 3.57. The molecule has 1 atom stereocenters. The van der Waals surface area contributed by atoms with Gasteiger partial charge in [-0.25, -0.2) is 9.79 Å². The topological polar surface area (TPSA) is 87.2 Å². The maximum Gasteiger partial charge on any atom is 0.321 e. The van der Waals surface area contributed by atoms with Crippen LogP contribution in [0, 0.1) is 0 Å². The standard InChI is InChI=1S/C23H37N5O3.HI/c1-2-24-22(25-11-7-14-30-18-21-10-6-15-31-21)26-17-19-8-5-9-20(16-19)27-23(29)28-12-3-4-13-28;/h5,8-9,16,21H,2-4,6-7,10-15,17-18H2,1H3,(H,27,29)(H2,24,25,26);1H. The van der Waals surface area contributed by atoms with E-state index in [1.807, 2.05) is 29.2 Å². The Morgan fingerprint density at radius 2 is 2.09 bits per heavy atom. The highest BCUT2D eigenvalue weighted by molar-refractivity contribution is 14.0. The molecule has 1 aromatic rings. The number of anilines is 1.